The Labute approximate surface area is 125 Å². The van der Waals surface area contributed by atoms with Gasteiger partial charge in [0.05, 0.1) is 16.7 Å². The molecule has 106 valence electrons. The highest BCUT2D eigenvalue weighted by Crippen LogP contribution is 2.55. The van der Waals surface area contributed by atoms with Gasteiger partial charge in [0, 0.05) is 5.41 Å². The minimum atomic E-state index is -0.237. The second kappa shape index (κ2) is 5.27. The molecule has 1 fully saturated rings. The molecular formula is C16H22Cl2O. The van der Waals surface area contributed by atoms with Crippen molar-refractivity contribution in [3.63, 3.8) is 0 Å². The average Bonchev–Trinajstić information content (AvgIpc) is 2.33. The van der Waals surface area contributed by atoms with Crippen LogP contribution in [-0.2, 0) is 5.41 Å². The van der Waals surface area contributed by atoms with E-state index in [0.717, 1.165) is 18.4 Å². The summed E-state index contributed by atoms with van der Waals surface area (Å²) in [6, 6.07) is 5.80. The van der Waals surface area contributed by atoms with Crippen molar-refractivity contribution in [3.8, 4) is 0 Å². The first-order valence-electron chi connectivity index (χ1n) is 6.91. The number of hydrogen-bond acceptors (Lipinski definition) is 1. The van der Waals surface area contributed by atoms with E-state index in [1.807, 2.05) is 18.2 Å². The number of hydrogen-bond donors (Lipinski definition) is 1. The molecule has 1 nitrogen and oxygen atoms in total. The Bertz CT molecular complexity index is 470. The number of benzene rings is 1. The van der Waals surface area contributed by atoms with Crippen LogP contribution in [0.2, 0.25) is 10.0 Å². The summed E-state index contributed by atoms with van der Waals surface area (Å²) >= 11 is 12.2. The van der Waals surface area contributed by atoms with Gasteiger partial charge in [0.25, 0.3) is 0 Å². The van der Waals surface area contributed by atoms with E-state index < -0.39 is 0 Å². The lowest BCUT2D eigenvalue weighted by Gasteiger charge is -2.54. The van der Waals surface area contributed by atoms with E-state index in [2.05, 4.69) is 20.8 Å². The quantitative estimate of drug-likeness (QED) is 0.808. The molecule has 0 bridgehead atoms. The summed E-state index contributed by atoms with van der Waals surface area (Å²) < 4.78 is 0. The van der Waals surface area contributed by atoms with Gasteiger partial charge in [-0.15, -0.1) is 0 Å². The summed E-state index contributed by atoms with van der Waals surface area (Å²) in [5, 5.41) is 11.3. The first-order chi connectivity index (χ1) is 8.85. The van der Waals surface area contributed by atoms with Crippen LogP contribution >= 0.6 is 23.2 Å². The van der Waals surface area contributed by atoms with Crippen LogP contribution in [0.15, 0.2) is 18.2 Å². The molecule has 3 heteroatoms. The largest absolute Gasteiger partial charge is 0.395 e. The molecule has 0 heterocycles. The molecule has 0 spiro atoms. The molecule has 0 radical (unpaired) electrons. The molecule has 1 saturated carbocycles. The van der Waals surface area contributed by atoms with Gasteiger partial charge in [0.2, 0.25) is 0 Å². The molecule has 2 atom stereocenters. The van der Waals surface area contributed by atoms with Gasteiger partial charge in [-0.1, -0.05) is 56.5 Å². The zero-order chi connectivity index (χ0) is 14.3. The Hall–Kier alpha value is -0.240. The number of rotatable bonds is 2. The maximum absolute atomic E-state index is 10.2. The lowest BCUT2D eigenvalue weighted by molar-refractivity contribution is -0.00719. The van der Waals surface area contributed by atoms with Crippen molar-refractivity contribution in [1.82, 2.24) is 0 Å². The molecule has 0 aliphatic heterocycles. The fourth-order valence-electron chi connectivity index (χ4n) is 3.90. The first kappa shape index (κ1) is 15.2. The van der Waals surface area contributed by atoms with Gasteiger partial charge >= 0.3 is 0 Å². The lowest BCUT2D eigenvalue weighted by Crippen LogP contribution is -2.52. The number of aliphatic hydroxyl groups is 1. The van der Waals surface area contributed by atoms with Gasteiger partial charge in [-0.2, -0.15) is 0 Å². The third kappa shape index (κ3) is 2.30. The van der Waals surface area contributed by atoms with E-state index in [4.69, 9.17) is 23.2 Å². The molecule has 2 rings (SSSR count). The van der Waals surface area contributed by atoms with Crippen molar-refractivity contribution >= 4 is 23.2 Å². The molecule has 1 N–H and O–H groups in total. The van der Waals surface area contributed by atoms with Crippen LogP contribution in [0.1, 0.15) is 45.6 Å². The Kier molecular flexibility index (Phi) is 4.21. The highest BCUT2D eigenvalue weighted by Gasteiger charge is 2.51. The normalized spacial score (nSPS) is 30.3. The highest BCUT2D eigenvalue weighted by molar-refractivity contribution is 6.42. The van der Waals surface area contributed by atoms with E-state index in [9.17, 15) is 5.11 Å². The van der Waals surface area contributed by atoms with Crippen LogP contribution in [-0.4, -0.2) is 11.7 Å². The van der Waals surface area contributed by atoms with Gasteiger partial charge < -0.3 is 5.11 Å². The summed E-state index contributed by atoms with van der Waals surface area (Å²) in [7, 11) is 0. The Morgan fingerprint density at radius 3 is 2.47 bits per heavy atom. The SMILES string of the molecule is C[C@H]1CCCC(C)(C)[C@@]1(CO)c1ccc(Cl)c(Cl)c1. The summed E-state index contributed by atoms with van der Waals surface area (Å²) in [6.07, 6.45) is 3.49. The van der Waals surface area contributed by atoms with Crippen molar-refractivity contribution in [2.24, 2.45) is 11.3 Å². The van der Waals surface area contributed by atoms with E-state index >= 15 is 0 Å². The first-order valence-corrected chi connectivity index (χ1v) is 7.67. The molecular weight excluding hydrogens is 279 g/mol. The van der Waals surface area contributed by atoms with Crippen molar-refractivity contribution in [3.05, 3.63) is 33.8 Å². The predicted molar refractivity (Wildman–Crippen MR) is 82.0 cm³/mol. The Morgan fingerprint density at radius 2 is 1.95 bits per heavy atom. The molecule has 1 aliphatic carbocycles. The van der Waals surface area contributed by atoms with Crippen LogP contribution in [0.25, 0.3) is 0 Å². The minimum Gasteiger partial charge on any atom is -0.395 e. The zero-order valence-electron chi connectivity index (χ0n) is 11.8. The molecule has 0 amide bonds. The van der Waals surface area contributed by atoms with E-state index in [1.165, 1.54) is 6.42 Å². The van der Waals surface area contributed by atoms with Crippen LogP contribution in [0.5, 0.6) is 0 Å². The van der Waals surface area contributed by atoms with Crippen molar-refractivity contribution in [2.45, 2.75) is 45.4 Å². The van der Waals surface area contributed by atoms with Crippen LogP contribution in [0.4, 0.5) is 0 Å². The fraction of sp³-hybridized carbons (Fsp3) is 0.625. The predicted octanol–water partition coefficient (Wildman–Crippen LogP) is 5.07. The highest BCUT2D eigenvalue weighted by atomic mass is 35.5. The molecule has 1 aromatic rings. The van der Waals surface area contributed by atoms with E-state index in [1.54, 1.807) is 0 Å². The summed E-state index contributed by atoms with van der Waals surface area (Å²) in [5.41, 5.74) is 0.928. The minimum absolute atomic E-state index is 0.0522. The van der Waals surface area contributed by atoms with Crippen LogP contribution < -0.4 is 0 Å². The molecule has 0 unspecified atom stereocenters. The van der Waals surface area contributed by atoms with Crippen LogP contribution in [0.3, 0.4) is 0 Å². The van der Waals surface area contributed by atoms with Crippen molar-refractivity contribution < 1.29 is 5.11 Å². The van der Waals surface area contributed by atoms with E-state index in [-0.39, 0.29) is 17.4 Å². The maximum Gasteiger partial charge on any atom is 0.0595 e. The monoisotopic (exact) mass is 300 g/mol. The van der Waals surface area contributed by atoms with Gasteiger partial charge in [-0.3, -0.25) is 0 Å². The van der Waals surface area contributed by atoms with Gasteiger partial charge in [-0.05, 0) is 41.9 Å². The second-order valence-corrected chi connectivity index (χ2v) is 7.25. The third-order valence-corrected chi connectivity index (χ3v) is 5.91. The van der Waals surface area contributed by atoms with Crippen LogP contribution in [0, 0.1) is 11.3 Å². The Balaban J connectivity index is 2.59. The number of halogens is 2. The zero-order valence-corrected chi connectivity index (χ0v) is 13.4. The Morgan fingerprint density at radius 1 is 1.26 bits per heavy atom. The smallest absolute Gasteiger partial charge is 0.0595 e. The van der Waals surface area contributed by atoms with Crippen molar-refractivity contribution in [2.75, 3.05) is 6.61 Å². The maximum atomic E-state index is 10.2. The molecule has 0 aromatic heterocycles. The molecule has 19 heavy (non-hydrogen) atoms. The fourth-order valence-corrected chi connectivity index (χ4v) is 4.19. The van der Waals surface area contributed by atoms with Gasteiger partial charge in [0.1, 0.15) is 0 Å². The topological polar surface area (TPSA) is 20.2 Å². The summed E-state index contributed by atoms with van der Waals surface area (Å²) in [4.78, 5) is 0. The molecule has 0 saturated heterocycles. The third-order valence-electron chi connectivity index (χ3n) is 5.17. The summed E-state index contributed by atoms with van der Waals surface area (Å²) in [6.45, 7) is 6.89. The van der Waals surface area contributed by atoms with Gasteiger partial charge in [-0.25, -0.2) is 0 Å². The lowest BCUT2D eigenvalue weighted by atomic mass is 9.51. The van der Waals surface area contributed by atoms with Crippen molar-refractivity contribution in [1.29, 1.82) is 0 Å². The molecule has 1 aliphatic rings. The summed E-state index contributed by atoms with van der Waals surface area (Å²) in [5.74, 6) is 0.429. The second-order valence-electron chi connectivity index (χ2n) is 6.44. The van der Waals surface area contributed by atoms with Gasteiger partial charge in [0.15, 0.2) is 0 Å². The average molecular weight is 301 g/mol. The molecule has 1 aromatic carbocycles. The standard InChI is InChI=1S/C16H22Cl2O/c1-11-5-4-8-15(2,3)16(11,10-19)12-6-7-13(17)14(18)9-12/h6-7,9,11,19H,4-5,8,10H2,1-3H3/t11-,16+/m0/s1. The number of aliphatic hydroxyl groups excluding tert-OH is 1. The van der Waals surface area contributed by atoms with E-state index in [0.29, 0.717) is 16.0 Å².